The van der Waals surface area contributed by atoms with E-state index in [1.807, 2.05) is 13.8 Å². The first-order valence-electron chi connectivity index (χ1n) is 8.17. The van der Waals surface area contributed by atoms with Gasteiger partial charge in [0.2, 0.25) is 10.0 Å². The van der Waals surface area contributed by atoms with Gasteiger partial charge in [0.15, 0.2) is 11.6 Å². The first kappa shape index (κ1) is 18.6. The molecule has 0 radical (unpaired) electrons. The van der Waals surface area contributed by atoms with Crippen LogP contribution in [0.3, 0.4) is 0 Å². The van der Waals surface area contributed by atoms with Crippen LogP contribution in [0.25, 0.3) is 0 Å². The van der Waals surface area contributed by atoms with Crippen molar-refractivity contribution in [1.29, 1.82) is 0 Å². The average molecular weight is 383 g/mol. The van der Waals surface area contributed by atoms with Crippen molar-refractivity contribution in [1.82, 2.24) is 9.46 Å². The van der Waals surface area contributed by atoms with Gasteiger partial charge in [-0.15, -0.1) is 0 Å². The maximum atomic E-state index is 12.9. The summed E-state index contributed by atoms with van der Waals surface area (Å²) in [5.74, 6) is 0.192. The quantitative estimate of drug-likeness (QED) is 0.858. The van der Waals surface area contributed by atoms with E-state index in [0.29, 0.717) is 5.76 Å². The van der Waals surface area contributed by atoms with Crippen LogP contribution in [0.15, 0.2) is 26.0 Å². The number of anilines is 1. The number of ether oxygens (including phenoxy) is 1. The molecule has 0 aromatic carbocycles. The van der Waals surface area contributed by atoms with Crippen LogP contribution in [0.1, 0.15) is 35.9 Å². The molecule has 3 heterocycles. The molecule has 1 amide bonds. The smallest absolute Gasteiger partial charge is 0.292 e. The lowest BCUT2D eigenvalue weighted by Crippen LogP contribution is -2.48. The second kappa shape index (κ2) is 6.86. The highest BCUT2D eigenvalue weighted by Crippen LogP contribution is 2.26. The molecule has 1 aliphatic rings. The van der Waals surface area contributed by atoms with Crippen molar-refractivity contribution < 1.29 is 26.9 Å². The van der Waals surface area contributed by atoms with E-state index < -0.39 is 15.9 Å². The van der Waals surface area contributed by atoms with Crippen LogP contribution in [0.2, 0.25) is 0 Å². The highest BCUT2D eigenvalue weighted by molar-refractivity contribution is 7.89. The molecule has 10 heteroatoms. The third kappa shape index (κ3) is 3.67. The molecule has 0 spiro atoms. The zero-order valence-corrected chi connectivity index (χ0v) is 15.8. The maximum absolute atomic E-state index is 12.9. The van der Waals surface area contributed by atoms with Gasteiger partial charge in [0.1, 0.15) is 16.4 Å². The van der Waals surface area contributed by atoms with E-state index in [1.165, 1.54) is 17.3 Å². The predicted octanol–water partition coefficient (Wildman–Crippen LogP) is 1.93. The van der Waals surface area contributed by atoms with Crippen molar-refractivity contribution in [3.8, 4) is 0 Å². The zero-order valence-electron chi connectivity index (χ0n) is 15.0. The lowest BCUT2D eigenvalue weighted by molar-refractivity contribution is -0.0441. The molecule has 3 rings (SSSR count). The number of rotatable bonds is 4. The van der Waals surface area contributed by atoms with Gasteiger partial charge in [0.05, 0.1) is 12.2 Å². The number of carbonyl (C=O) groups is 1. The number of sulfonamides is 1. The molecule has 0 saturated carbocycles. The monoisotopic (exact) mass is 383 g/mol. The fraction of sp³-hybridized carbons (Fsp3) is 0.500. The van der Waals surface area contributed by atoms with Gasteiger partial charge in [-0.3, -0.25) is 4.79 Å². The first-order valence-corrected chi connectivity index (χ1v) is 9.61. The van der Waals surface area contributed by atoms with E-state index in [1.54, 1.807) is 13.0 Å². The fourth-order valence-electron chi connectivity index (χ4n) is 2.90. The predicted molar refractivity (Wildman–Crippen MR) is 91.4 cm³/mol. The van der Waals surface area contributed by atoms with Gasteiger partial charge in [0.25, 0.3) is 5.91 Å². The Kier molecular flexibility index (Phi) is 4.91. The Morgan fingerprint density at radius 1 is 1.23 bits per heavy atom. The normalized spacial score (nSPS) is 21.7. The number of hydrogen-bond donors (Lipinski definition) is 1. The summed E-state index contributed by atoms with van der Waals surface area (Å²) in [6, 6.07) is 2.78. The van der Waals surface area contributed by atoms with Crippen LogP contribution in [-0.2, 0) is 14.8 Å². The molecule has 2 aromatic heterocycles. The molecule has 0 aliphatic carbocycles. The van der Waals surface area contributed by atoms with Gasteiger partial charge in [-0.2, -0.15) is 4.31 Å². The standard InChI is InChI=1S/C16H21N3O6S/c1-9-5-15(18-25-9)17-16(20)13-6-14(12(4)24-13)26(21,22)19-7-10(2)23-11(3)8-19/h5-6,10-11H,7-8H2,1-4H3,(H,17,18,20)/t10-,11+. The van der Waals surface area contributed by atoms with E-state index in [4.69, 9.17) is 13.7 Å². The molecular weight excluding hydrogens is 362 g/mol. The molecule has 2 atom stereocenters. The summed E-state index contributed by atoms with van der Waals surface area (Å²) >= 11 is 0. The summed E-state index contributed by atoms with van der Waals surface area (Å²) in [6.07, 6.45) is -0.419. The Labute approximate surface area is 151 Å². The molecule has 0 unspecified atom stereocenters. The van der Waals surface area contributed by atoms with Crippen molar-refractivity contribution in [2.75, 3.05) is 18.4 Å². The van der Waals surface area contributed by atoms with Gasteiger partial charge < -0.3 is 19.0 Å². The van der Waals surface area contributed by atoms with E-state index in [2.05, 4.69) is 10.5 Å². The van der Waals surface area contributed by atoms with E-state index >= 15 is 0 Å². The number of furan rings is 1. The van der Waals surface area contributed by atoms with Crippen LogP contribution in [0, 0.1) is 13.8 Å². The second-order valence-corrected chi connectivity index (χ2v) is 8.29. The third-order valence-electron chi connectivity index (χ3n) is 3.97. The topological polar surface area (TPSA) is 115 Å². The van der Waals surface area contributed by atoms with Gasteiger partial charge in [-0.05, 0) is 27.7 Å². The zero-order chi connectivity index (χ0) is 19.1. The molecule has 142 valence electrons. The van der Waals surface area contributed by atoms with Crippen molar-refractivity contribution in [3.63, 3.8) is 0 Å². The lowest BCUT2D eigenvalue weighted by Gasteiger charge is -2.34. The summed E-state index contributed by atoms with van der Waals surface area (Å²) in [4.78, 5) is 12.3. The highest BCUT2D eigenvalue weighted by atomic mass is 32.2. The Bertz CT molecular complexity index is 906. The largest absolute Gasteiger partial charge is 0.455 e. The van der Waals surface area contributed by atoms with Crippen LogP contribution in [-0.4, -0.2) is 49.1 Å². The molecule has 1 aliphatic heterocycles. The molecule has 1 saturated heterocycles. The Hall–Kier alpha value is -2.17. The van der Waals surface area contributed by atoms with Crippen LogP contribution < -0.4 is 5.32 Å². The molecule has 1 fully saturated rings. The number of aryl methyl sites for hydroxylation is 2. The van der Waals surface area contributed by atoms with E-state index in [-0.39, 0.29) is 47.5 Å². The molecule has 26 heavy (non-hydrogen) atoms. The van der Waals surface area contributed by atoms with Gasteiger partial charge >= 0.3 is 0 Å². The Morgan fingerprint density at radius 3 is 2.46 bits per heavy atom. The van der Waals surface area contributed by atoms with E-state index in [9.17, 15) is 13.2 Å². The third-order valence-corrected chi connectivity index (χ3v) is 5.91. The molecule has 1 N–H and O–H groups in total. The first-order chi connectivity index (χ1) is 12.2. The van der Waals surface area contributed by atoms with Crippen LogP contribution in [0.4, 0.5) is 5.82 Å². The maximum Gasteiger partial charge on any atom is 0.292 e. The summed E-state index contributed by atoms with van der Waals surface area (Å²) in [5.41, 5.74) is 0. The van der Waals surface area contributed by atoms with Gasteiger partial charge in [-0.25, -0.2) is 8.42 Å². The Morgan fingerprint density at radius 2 is 1.88 bits per heavy atom. The number of carbonyl (C=O) groups excluding carboxylic acids is 1. The number of nitrogens with zero attached hydrogens (tertiary/aromatic N) is 2. The van der Waals surface area contributed by atoms with Crippen molar-refractivity contribution in [2.45, 2.75) is 44.8 Å². The summed E-state index contributed by atoms with van der Waals surface area (Å²) in [7, 11) is -3.79. The number of aromatic nitrogens is 1. The van der Waals surface area contributed by atoms with Crippen molar-refractivity contribution in [3.05, 3.63) is 29.4 Å². The lowest BCUT2D eigenvalue weighted by atomic mass is 10.3. The molecule has 2 aromatic rings. The number of hydrogen-bond acceptors (Lipinski definition) is 7. The molecule has 9 nitrogen and oxygen atoms in total. The minimum absolute atomic E-state index is 0.0275. The number of nitrogens with one attached hydrogen (secondary N) is 1. The van der Waals surface area contributed by atoms with Crippen molar-refractivity contribution >= 4 is 21.7 Å². The Balaban J connectivity index is 1.83. The number of morpholine rings is 1. The van der Waals surface area contributed by atoms with Gasteiger partial charge in [-0.1, -0.05) is 5.16 Å². The summed E-state index contributed by atoms with van der Waals surface area (Å²) < 4.78 is 43.1. The fourth-order valence-corrected chi connectivity index (χ4v) is 4.65. The highest BCUT2D eigenvalue weighted by Gasteiger charge is 2.35. The second-order valence-electron chi connectivity index (χ2n) is 6.39. The SMILES string of the molecule is Cc1cc(NC(=O)c2cc(S(=O)(=O)N3C[C@@H](C)O[C@@H](C)C3)c(C)o2)no1. The summed E-state index contributed by atoms with van der Waals surface area (Å²) in [6.45, 7) is 7.33. The van der Waals surface area contributed by atoms with Crippen LogP contribution >= 0.6 is 0 Å². The minimum atomic E-state index is -3.79. The molecular formula is C16H21N3O6S. The van der Waals surface area contributed by atoms with E-state index in [0.717, 1.165) is 0 Å². The molecule has 0 bridgehead atoms. The minimum Gasteiger partial charge on any atom is -0.455 e. The summed E-state index contributed by atoms with van der Waals surface area (Å²) in [5, 5.41) is 6.16. The van der Waals surface area contributed by atoms with Crippen LogP contribution in [0.5, 0.6) is 0 Å². The number of amides is 1. The van der Waals surface area contributed by atoms with Crippen molar-refractivity contribution in [2.24, 2.45) is 0 Å². The van der Waals surface area contributed by atoms with Gasteiger partial charge in [0, 0.05) is 25.2 Å². The average Bonchev–Trinajstić information content (AvgIpc) is 3.12.